The Morgan fingerprint density at radius 1 is 1.37 bits per heavy atom. The van der Waals surface area contributed by atoms with Crippen molar-refractivity contribution in [3.05, 3.63) is 42.1 Å². The fourth-order valence-corrected chi connectivity index (χ4v) is 2.21. The van der Waals surface area contributed by atoms with Crippen molar-refractivity contribution in [2.24, 2.45) is 0 Å². The highest BCUT2D eigenvalue weighted by atomic mass is 16.1. The number of piperidine rings is 1. The van der Waals surface area contributed by atoms with E-state index in [9.17, 15) is 4.79 Å². The van der Waals surface area contributed by atoms with Gasteiger partial charge >= 0.3 is 0 Å². The van der Waals surface area contributed by atoms with Gasteiger partial charge in [0.2, 0.25) is 5.91 Å². The lowest BCUT2D eigenvalue weighted by Crippen LogP contribution is -2.39. The average molecular weight is 258 g/mol. The molecule has 3 heteroatoms. The molecular weight excluding hydrogens is 236 g/mol. The fourth-order valence-electron chi connectivity index (χ4n) is 2.21. The summed E-state index contributed by atoms with van der Waals surface area (Å²) in [6, 6.07) is 8.55. The van der Waals surface area contributed by atoms with Gasteiger partial charge in [-0.1, -0.05) is 39.5 Å². The monoisotopic (exact) mass is 258 g/mol. The molecule has 0 radical (unpaired) electrons. The molecule has 1 fully saturated rings. The van der Waals surface area contributed by atoms with Crippen molar-refractivity contribution >= 4 is 11.6 Å². The molecule has 2 rings (SSSR count). The minimum Gasteiger partial charge on any atom is -0.377 e. The molecule has 0 bridgehead atoms. The van der Waals surface area contributed by atoms with Gasteiger partial charge in [-0.2, -0.15) is 0 Å². The summed E-state index contributed by atoms with van der Waals surface area (Å²) in [5.41, 5.74) is 3.27. The summed E-state index contributed by atoms with van der Waals surface area (Å²) in [5, 5.41) is 6.25. The third-order valence-electron chi connectivity index (χ3n) is 3.45. The van der Waals surface area contributed by atoms with E-state index in [4.69, 9.17) is 0 Å². The summed E-state index contributed by atoms with van der Waals surface area (Å²) in [7, 11) is 0. The van der Waals surface area contributed by atoms with Crippen LogP contribution in [0.15, 0.2) is 36.5 Å². The summed E-state index contributed by atoms with van der Waals surface area (Å²) in [6.07, 6.45) is 1.35. The molecule has 0 spiro atoms. The van der Waals surface area contributed by atoms with Gasteiger partial charge in [0, 0.05) is 17.8 Å². The topological polar surface area (TPSA) is 41.1 Å². The molecule has 1 aliphatic heterocycles. The molecule has 1 unspecified atom stereocenters. The molecule has 1 aliphatic rings. The van der Waals surface area contributed by atoms with Crippen molar-refractivity contribution < 1.29 is 4.79 Å². The Balaban J connectivity index is 2.11. The number of carbonyl (C=O) groups is 1. The first-order valence-electron chi connectivity index (χ1n) is 6.72. The van der Waals surface area contributed by atoms with Crippen molar-refractivity contribution in [2.75, 3.05) is 5.32 Å². The van der Waals surface area contributed by atoms with Crippen LogP contribution in [0, 0.1) is 0 Å². The van der Waals surface area contributed by atoms with Gasteiger partial charge in [-0.25, -0.2) is 0 Å². The molecule has 0 saturated carbocycles. The number of rotatable bonds is 2. The molecule has 1 aromatic carbocycles. The van der Waals surface area contributed by atoms with E-state index in [-0.39, 0.29) is 17.4 Å². The van der Waals surface area contributed by atoms with Crippen LogP contribution in [0.1, 0.15) is 39.2 Å². The first-order chi connectivity index (χ1) is 8.86. The summed E-state index contributed by atoms with van der Waals surface area (Å²) >= 11 is 0. The lowest BCUT2D eigenvalue weighted by Gasteiger charge is -2.27. The quantitative estimate of drug-likeness (QED) is 0.855. The second-order valence-electron chi connectivity index (χ2n) is 6.14. The van der Waals surface area contributed by atoms with Crippen LogP contribution >= 0.6 is 0 Å². The van der Waals surface area contributed by atoms with Gasteiger partial charge in [0.15, 0.2) is 0 Å². The molecule has 1 amide bonds. The van der Waals surface area contributed by atoms with E-state index in [0.717, 1.165) is 17.8 Å². The molecule has 1 heterocycles. The first kappa shape index (κ1) is 13.7. The van der Waals surface area contributed by atoms with Crippen molar-refractivity contribution in [1.82, 2.24) is 5.32 Å². The minimum absolute atomic E-state index is 0.0616. The molecule has 0 aromatic heterocycles. The van der Waals surface area contributed by atoms with E-state index < -0.39 is 0 Å². The van der Waals surface area contributed by atoms with Gasteiger partial charge in [-0.15, -0.1) is 0 Å². The molecule has 102 valence electrons. The highest BCUT2D eigenvalue weighted by Crippen LogP contribution is 2.26. The number of nitrogens with one attached hydrogen (secondary N) is 2. The zero-order chi connectivity index (χ0) is 14.0. The van der Waals surface area contributed by atoms with Crippen molar-refractivity contribution in [3.8, 4) is 0 Å². The van der Waals surface area contributed by atoms with Crippen LogP contribution in [0.4, 0.5) is 5.69 Å². The van der Waals surface area contributed by atoms with Gasteiger partial charge in [0.1, 0.15) is 0 Å². The Morgan fingerprint density at radius 3 is 2.74 bits per heavy atom. The summed E-state index contributed by atoms with van der Waals surface area (Å²) < 4.78 is 0. The van der Waals surface area contributed by atoms with E-state index in [1.165, 1.54) is 5.56 Å². The molecule has 0 aliphatic carbocycles. The van der Waals surface area contributed by atoms with Crippen molar-refractivity contribution in [3.63, 3.8) is 0 Å². The van der Waals surface area contributed by atoms with Crippen LogP contribution in [-0.4, -0.2) is 11.9 Å². The largest absolute Gasteiger partial charge is 0.377 e. The maximum absolute atomic E-state index is 11.3. The van der Waals surface area contributed by atoms with Crippen molar-refractivity contribution in [1.29, 1.82) is 0 Å². The van der Waals surface area contributed by atoms with E-state index in [1.807, 2.05) is 0 Å². The smallest absolute Gasteiger partial charge is 0.224 e. The van der Waals surface area contributed by atoms with Crippen LogP contribution in [0.2, 0.25) is 0 Å². The Labute approximate surface area is 115 Å². The van der Waals surface area contributed by atoms with E-state index >= 15 is 0 Å². The number of anilines is 1. The second-order valence-corrected chi connectivity index (χ2v) is 6.14. The van der Waals surface area contributed by atoms with Crippen molar-refractivity contribution in [2.45, 2.75) is 45.1 Å². The molecule has 1 saturated heterocycles. The Morgan fingerprint density at radius 2 is 2.11 bits per heavy atom. The van der Waals surface area contributed by atoms with Gasteiger partial charge in [-0.05, 0) is 29.5 Å². The number of hydrogen-bond donors (Lipinski definition) is 2. The minimum atomic E-state index is 0.0616. The summed E-state index contributed by atoms with van der Waals surface area (Å²) in [6.45, 7) is 10.5. The van der Waals surface area contributed by atoms with Gasteiger partial charge in [0.25, 0.3) is 0 Å². The molecule has 19 heavy (non-hydrogen) atoms. The molecule has 1 aromatic rings. The third-order valence-corrected chi connectivity index (χ3v) is 3.45. The van der Waals surface area contributed by atoms with E-state index in [0.29, 0.717) is 6.42 Å². The van der Waals surface area contributed by atoms with Crippen LogP contribution in [0.3, 0.4) is 0 Å². The SMILES string of the molecule is C=C1NC(=O)CCC1Nc1cccc(C(C)(C)C)c1. The van der Waals surface area contributed by atoms with Gasteiger partial charge in [0.05, 0.1) is 6.04 Å². The maximum Gasteiger partial charge on any atom is 0.224 e. The third kappa shape index (κ3) is 3.37. The van der Waals surface area contributed by atoms with E-state index in [1.54, 1.807) is 0 Å². The maximum atomic E-state index is 11.3. The normalized spacial score (nSPS) is 20.1. The molecular formula is C16H22N2O. The highest BCUT2D eigenvalue weighted by molar-refractivity contribution is 5.79. The zero-order valence-corrected chi connectivity index (χ0v) is 11.9. The standard InChI is InChI=1S/C16H22N2O/c1-11-14(8-9-15(19)17-11)18-13-7-5-6-12(10-13)16(2,3)4/h5-7,10,14,18H,1,8-9H2,2-4H3,(H,17,19). The van der Waals surface area contributed by atoms with Crippen LogP contribution in [0.5, 0.6) is 0 Å². The summed E-state index contributed by atoms with van der Waals surface area (Å²) in [5.74, 6) is 0.0616. The predicted molar refractivity (Wildman–Crippen MR) is 79.1 cm³/mol. The Kier molecular flexibility index (Phi) is 3.65. The van der Waals surface area contributed by atoms with Crippen LogP contribution < -0.4 is 10.6 Å². The van der Waals surface area contributed by atoms with E-state index in [2.05, 4.69) is 62.2 Å². The molecule has 1 atom stereocenters. The van der Waals surface area contributed by atoms with Crippen LogP contribution in [-0.2, 0) is 10.2 Å². The average Bonchev–Trinajstić information content (AvgIpc) is 2.32. The Hall–Kier alpha value is -1.77. The lowest BCUT2D eigenvalue weighted by atomic mass is 9.87. The summed E-state index contributed by atoms with van der Waals surface area (Å²) in [4.78, 5) is 11.3. The second kappa shape index (κ2) is 5.08. The zero-order valence-electron chi connectivity index (χ0n) is 11.9. The molecule has 3 nitrogen and oxygen atoms in total. The number of amides is 1. The number of benzene rings is 1. The number of hydrogen-bond acceptors (Lipinski definition) is 2. The van der Waals surface area contributed by atoms with Gasteiger partial charge < -0.3 is 10.6 Å². The predicted octanol–water partition coefficient (Wildman–Crippen LogP) is 3.19. The fraction of sp³-hybridized carbons (Fsp3) is 0.438. The van der Waals surface area contributed by atoms with Gasteiger partial charge in [-0.3, -0.25) is 4.79 Å². The lowest BCUT2D eigenvalue weighted by molar-refractivity contribution is -0.121. The highest BCUT2D eigenvalue weighted by Gasteiger charge is 2.22. The number of carbonyl (C=O) groups excluding carboxylic acids is 1. The first-order valence-corrected chi connectivity index (χ1v) is 6.72. The molecule has 2 N–H and O–H groups in total. The van der Waals surface area contributed by atoms with Crippen LogP contribution in [0.25, 0.3) is 0 Å². The Bertz CT molecular complexity index is 500.